The molecule has 1 rings (SSSR count). The van der Waals surface area contributed by atoms with Crippen LogP contribution in [0.25, 0.3) is 0 Å². The number of nitroso groups, excluding NO2 is 1. The standard InChI is InChI=1S/C8H8FNO/c1-6(10-11)7-2-4-8(9)5-3-7/h2-6H,1H3/t6-/m0/s1. The van der Waals surface area contributed by atoms with Crippen LogP contribution in [0.5, 0.6) is 0 Å². The van der Waals surface area contributed by atoms with Crippen molar-refractivity contribution < 1.29 is 4.39 Å². The van der Waals surface area contributed by atoms with Gasteiger partial charge in [0.05, 0.1) is 0 Å². The van der Waals surface area contributed by atoms with E-state index in [2.05, 4.69) is 5.18 Å². The van der Waals surface area contributed by atoms with Gasteiger partial charge in [-0.3, -0.25) is 0 Å². The van der Waals surface area contributed by atoms with Gasteiger partial charge in [0.25, 0.3) is 0 Å². The highest BCUT2D eigenvalue weighted by molar-refractivity contribution is 5.19. The lowest BCUT2D eigenvalue weighted by Crippen LogP contribution is -1.87. The Kier molecular flexibility index (Phi) is 2.31. The quantitative estimate of drug-likeness (QED) is 0.600. The summed E-state index contributed by atoms with van der Waals surface area (Å²) in [5.41, 5.74) is 0.737. The number of hydrogen-bond donors (Lipinski definition) is 0. The fraction of sp³-hybridized carbons (Fsp3) is 0.250. The lowest BCUT2D eigenvalue weighted by atomic mass is 10.1. The van der Waals surface area contributed by atoms with Crippen molar-refractivity contribution in [1.29, 1.82) is 0 Å². The van der Waals surface area contributed by atoms with Crippen LogP contribution in [-0.2, 0) is 0 Å². The Bertz CT molecular complexity index is 245. The molecule has 0 saturated carbocycles. The van der Waals surface area contributed by atoms with Gasteiger partial charge in [0, 0.05) is 0 Å². The van der Waals surface area contributed by atoms with Crippen molar-refractivity contribution in [2.75, 3.05) is 0 Å². The van der Waals surface area contributed by atoms with Gasteiger partial charge in [-0.05, 0) is 24.6 Å². The summed E-state index contributed by atoms with van der Waals surface area (Å²) in [4.78, 5) is 10.0. The number of halogens is 1. The Morgan fingerprint density at radius 1 is 1.36 bits per heavy atom. The minimum atomic E-state index is -0.393. The first-order valence-electron chi connectivity index (χ1n) is 3.32. The van der Waals surface area contributed by atoms with E-state index in [1.54, 1.807) is 19.1 Å². The molecule has 0 unspecified atom stereocenters. The third-order valence-corrected chi connectivity index (χ3v) is 1.51. The van der Waals surface area contributed by atoms with Gasteiger partial charge >= 0.3 is 0 Å². The molecule has 1 atom stereocenters. The Hall–Kier alpha value is -1.25. The van der Waals surface area contributed by atoms with Crippen LogP contribution in [0.3, 0.4) is 0 Å². The average molecular weight is 153 g/mol. The van der Waals surface area contributed by atoms with Gasteiger partial charge in [0.1, 0.15) is 11.9 Å². The Morgan fingerprint density at radius 3 is 2.36 bits per heavy atom. The highest BCUT2D eigenvalue weighted by Gasteiger charge is 2.02. The second-order valence-corrected chi connectivity index (χ2v) is 2.33. The predicted octanol–water partition coefficient (Wildman–Crippen LogP) is 2.65. The molecule has 0 fully saturated rings. The van der Waals surface area contributed by atoms with E-state index in [1.165, 1.54) is 12.1 Å². The van der Waals surface area contributed by atoms with E-state index in [1.807, 2.05) is 0 Å². The largest absolute Gasteiger partial charge is 0.207 e. The third kappa shape index (κ3) is 1.83. The summed E-state index contributed by atoms with van der Waals surface area (Å²) in [6.07, 6.45) is 0. The van der Waals surface area contributed by atoms with Crippen molar-refractivity contribution in [1.82, 2.24) is 0 Å². The molecule has 0 heterocycles. The lowest BCUT2D eigenvalue weighted by molar-refractivity contribution is 0.626. The molecule has 58 valence electrons. The molecule has 0 bridgehead atoms. The number of hydrogen-bond acceptors (Lipinski definition) is 2. The van der Waals surface area contributed by atoms with Crippen LogP contribution in [-0.4, -0.2) is 0 Å². The summed E-state index contributed by atoms with van der Waals surface area (Å²) >= 11 is 0. The first kappa shape index (κ1) is 7.85. The predicted molar refractivity (Wildman–Crippen MR) is 40.6 cm³/mol. The van der Waals surface area contributed by atoms with E-state index in [0.29, 0.717) is 0 Å². The van der Waals surface area contributed by atoms with Crippen LogP contribution < -0.4 is 0 Å². The topological polar surface area (TPSA) is 29.4 Å². The molecule has 0 aromatic heterocycles. The molecule has 0 radical (unpaired) electrons. The molecule has 2 nitrogen and oxygen atoms in total. The maximum absolute atomic E-state index is 12.3. The molecule has 1 aromatic carbocycles. The van der Waals surface area contributed by atoms with E-state index in [-0.39, 0.29) is 5.82 Å². The molecule has 0 aliphatic carbocycles. The molecule has 3 heteroatoms. The SMILES string of the molecule is C[C@H](N=O)c1ccc(F)cc1. The van der Waals surface area contributed by atoms with Gasteiger partial charge in [-0.1, -0.05) is 17.3 Å². The molecule has 11 heavy (non-hydrogen) atoms. The number of nitrogens with zero attached hydrogens (tertiary/aromatic N) is 1. The molecule has 1 aromatic rings. The lowest BCUT2D eigenvalue weighted by Gasteiger charge is -2.00. The molecule has 0 aliphatic rings. The highest BCUT2D eigenvalue weighted by atomic mass is 19.1. The van der Waals surface area contributed by atoms with Crippen molar-refractivity contribution >= 4 is 0 Å². The van der Waals surface area contributed by atoms with E-state index in [0.717, 1.165) is 5.56 Å². The zero-order valence-electron chi connectivity index (χ0n) is 6.12. The minimum Gasteiger partial charge on any atom is -0.207 e. The highest BCUT2D eigenvalue weighted by Crippen LogP contribution is 2.15. The summed E-state index contributed by atoms with van der Waals surface area (Å²) in [7, 11) is 0. The molecular weight excluding hydrogens is 145 g/mol. The van der Waals surface area contributed by atoms with Crippen LogP contribution >= 0.6 is 0 Å². The molecule has 0 amide bonds. The second-order valence-electron chi connectivity index (χ2n) is 2.33. The fourth-order valence-corrected chi connectivity index (χ4v) is 0.802. The maximum atomic E-state index is 12.3. The summed E-state index contributed by atoms with van der Waals surface area (Å²) in [6.45, 7) is 1.67. The fourth-order valence-electron chi connectivity index (χ4n) is 0.802. The number of benzene rings is 1. The summed E-state index contributed by atoms with van der Waals surface area (Å²) in [5.74, 6) is -0.299. The second kappa shape index (κ2) is 3.23. The minimum absolute atomic E-state index is 0.299. The molecule has 0 N–H and O–H groups in total. The van der Waals surface area contributed by atoms with Crippen LogP contribution in [0.2, 0.25) is 0 Å². The van der Waals surface area contributed by atoms with Gasteiger partial charge in [0.2, 0.25) is 0 Å². The molecule has 0 saturated heterocycles. The summed E-state index contributed by atoms with van der Waals surface area (Å²) < 4.78 is 12.3. The van der Waals surface area contributed by atoms with Gasteiger partial charge in [-0.25, -0.2) is 4.39 Å². The van der Waals surface area contributed by atoms with Crippen molar-refractivity contribution in [3.05, 3.63) is 40.6 Å². The Balaban J connectivity index is 2.89. The van der Waals surface area contributed by atoms with Gasteiger partial charge in [0.15, 0.2) is 0 Å². The zero-order valence-corrected chi connectivity index (χ0v) is 6.12. The van der Waals surface area contributed by atoms with E-state index >= 15 is 0 Å². The monoisotopic (exact) mass is 153 g/mol. The summed E-state index contributed by atoms with van der Waals surface area (Å²) in [6, 6.07) is 5.35. The maximum Gasteiger partial charge on any atom is 0.123 e. The van der Waals surface area contributed by atoms with Crippen LogP contribution in [0.15, 0.2) is 29.4 Å². The van der Waals surface area contributed by atoms with Crippen molar-refractivity contribution in [2.24, 2.45) is 5.18 Å². The molecule has 0 aliphatic heterocycles. The van der Waals surface area contributed by atoms with Crippen molar-refractivity contribution in [2.45, 2.75) is 13.0 Å². The van der Waals surface area contributed by atoms with Gasteiger partial charge < -0.3 is 0 Å². The van der Waals surface area contributed by atoms with Crippen molar-refractivity contribution in [3.63, 3.8) is 0 Å². The van der Waals surface area contributed by atoms with Gasteiger partial charge in [-0.2, -0.15) is 4.91 Å². The first-order valence-corrected chi connectivity index (χ1v) is 3.32. The molecule has 0 spiro atoms. The number of rotatable bonds is 2. The Labute approximate surface area is 64.0 Å². The normalized spacial score (nSPS) is 12.5. The first-order chi connectivity index (χ1) is 5.24. The van der Waals surface area contributed by atoms with Gasteiger partial charge in [-0.15, -0.1) is 0 Å². The van der Waals surface area contributed by atoms with Crippen LogP contribution in [0.4, 0.5) is 4.39 Å². The summed E-state index contributed by atoms with van der Waals surface area (Å²) in [5, 5.41) is 2.82. The van der Waals surface area contributed by atoms with E-state index < -0.39 is 6.04 Å². The van der Waals surface area contributed by atoms with E-state index in [4.69, 9.17) is 0 Å². The van der Waals surface area contributed by atoms with Crippen molar-refractivity contribution in [3.8, 4) is 0 Å². The smallest absolute Gasteiger partial charge is 0.123 e. The third-order valence-electron chi connectivity index (χ3n) is 1.51. The van der Waals surface area contributed by atoms with Crippen LogP contribution in [0, 0.1) is 10.7 Å². The zero-order chi connectivity index (χ0) is 8.27. The van der Waals surface area contributed by atoms with Crippen LogP contribution in [0.1, 0.15) is 18.5 Å². The van der Waals surface area contributed by atoms with E-state index in [9.17, 15) is 9.30 Å². The molecular formula is C8H8FNO. The Morgan fingerprint density at radius 2 is 1.91 bits per heavy atom. The average Bonchev–Trinajstić information content (AvgIpc) is 2.05.